The average Bonchev–Trinajstić information content (AvgIpc) is 2.60. The fraction of sp³-hybridized carbons (Fsp3) is 0.167. The summed E-state index contributed by atoms with van der Waals surface area (Å²) in [5.41, 5.74) is 7.00. The summed E-state index contributed by atoms with van der Waals surface area (Å²) in [6, 6.07) is 13.6. The van der Waals surface area contributed by atoms with Crippen LogP contribution in [0.3, 0.4) is 0 Å². The number of urea groups is 1. The number of nitrogens with one attached hydrogen (secondary N) is 2. The molecule has 0 saturated heterocycles. The molecule has 0 aliphatic heterocycles. The summed E-state index contributed by atoms with van der Waals surface area (Å²) in [6.07, 6.45) is 0.291. The molecule has 0 fully saturated rings. The van der Waals surface area contributed by atoms with Crippen molar-refractivity contribution in [2.45, 2.75) is 6.42 Å². The molecule has 128 valence electrons. The van der Waals surface area contributed by atoms with Crippen molar-refractivity contribution >= 4 is 17.6 Å². The summed E-state index contributed by atoms with van der Waals surface area (Å²) in [5, 5.41) is 14.0. The summed E-state index contributed by atoms with van der Waals surface area (Å²) in [4.78, 5) is 23.5. The number of nitrogens with zero attached hydrogens (tertiary/aromatic N) is 1. The van der Waals surface area contributed by atoms with Gasteiger partial charge in [-0.1, -0.05) is 18.2 Å². The van der Waals surface area contributed by atoms with Crippen molar-refractivity contribution in [3.05, 3.63) is 65.5 Å². The Bertz CT molecular complexity index is 799. The molecule has 0 radical (unpaired) electrons. The maximum absolute atomic E-state index is 12.9. The lowest BCUT2D eigenvalue weighted by Gasteiger charge is -2.15. The van der Waals surface area contributed by atoms with E-state index in [1.165, 1.54) is 18.2 Å². The zero-order chi connectivity index (χ0) is 18.2. The first-order valence-electron chi connectivity index (χ1n) is 7.56. The average molecular weight is 340 g/mol. The summed E-state index contributed by atoms with van der Waals surface area (Å²) in [5.74, 6) is -1.55. The van der Waals surface area contributed by atoms with Crippen LogP contribution in [-0.2, 0) is 11.2 Å². The van der Waals surface area contributed by atoms with E-state index in [1.807, 2.05) is 6.07 Å². The van der Waals surface area contributed by atoms with Crippen molar-refractivity contribution < 1.29 is 14.0 Å². The molecule has 6 nitrogen and oxygen atoms in total. The van der Waals surface area contributed by atoms with Gasteiger partial charge in [0.25, 0.3) is 0 Å². The first-order chi connectivity index (χ1) is 12.0. The number of nitrogens with two attached hydrogens (primary N) is 1. The van der Waals surface area contributed by atoms with Gasteiger partial charge in [0.05, 0.1) is 17.6 Å². The monoisotopic (exact) mass is 340 g/mol. The predicted molar refractivity (Wildman–Crippen MR) is 91.0 cm³/mol. The lowest BCUT2D eigenvalue weighted by Crippen LogP contribution is -2.39. The Labute approximate surface area is 144 Å². The molecule has 4 N–H and O–H groups in total. The van der Waals surface area contributed by atoms with E-state index in [-0.39, 0.29) is 12.4 Å². The number of amides is 3. The fourth-order valence-corrected chi connectivity index (χ4v) is 2.24. The van der Waals surface area contributed by atoms with Crippen molar-refractivity contribution in [3.63, 3.8) is 0 Å². The number of halogens is 1. The second-order valence-corrected chi connectivity index (χ2v) is 5.46. The number of carbonyl (C=O) groups is 2. The van der Waals surface area contributed by atoms with E-state index in [4.69, 9.17) is 11.0 Å². The van der Waals surface area contributed by atoms with Crippen LogP contribution >= 0.6 is 0 Å². The third-order valence-electron chi connectivity index (χ3n) is 3.56. The standard InChI is InChI=1S/C18H17FN4O2/c19-15-6-4-12(5-7-15)8-14(17(21)24)11-22-18(25)23-16-3-1-2-13(9-16)10-20/h1-7,9,14H,8,11H2,(H2,21,24)(H2,22,23,25)/t14-/m0/s1. The van der Waals surface area contributed by atoms with Crippen LogP contribution in [0, 0.1) is 23.1 Å². The van der Waals surface area contributed by atoms with E-state index in [0.29, 0.717) is 17.7 Å². The van der Waals surface area contributed by atoms with E-state index in [9.17, 15) is 14.0 Å². The maximum atomic E-state index is 12.9. The number of anilines is 1. The lowest BCUT2D eigenvalue weighted by atomic mass is 9.98. The highest BCUT2D eigenvalue weighted by molar-refractivity contribution is 5.89. The molecule has 0 aliphatic carbocycles. The van der Waals surface area contributed by atoms with Gasteiger partial charge < -0.3 is 16.4 Å². The van der Waals surface area contributed by atoms with Crippen LogP contribution in [0.25, 0.3) is 0 Å². The van der Waals surface area contributed by atoms with Gasteiger partial charge in [0.2, 0.25) is 5.91 Å². The highest BCUT2D eigenvalue weighted by Crippen LogP contribution is 2.11. The molecule has 25 heavy (non-hydrogen) atoms. The Hall–Kier alpha value is -3.40. The van der Waals surface area contributed by atoms with Gasteiger partial charge >= 0.3 is 6.03 Å². The summed E-state index contributed by atoms with van der Waals surface area (Å²) in [6.45, 7) is 0.0382. The normalized spacial score (nSPS) is 11.2. The quantitative estimate of drug-likeness (QED) is 0.750. The van der Waals surface area contributed by atoms with E-state index in [1.54, 1.807) is 30.3 Å². The predicted octanol–water partition coefficient (Wildman–Crippen LogP) is 2.16. The van der Waals surface area contributed by atoms with Crippen LogP contribution in [0.4, 0.5) is 14.9 Å². The van der Waals surface area contributed by atoms with E-state index < -0.39 is 17.9 Å². The molecule has 0 saturated carbocycles. The second kappa shape index (κ2) is 8.45. The largest absolute Gasteiger partial charge is 0.369 e. The number of benzene rings is 2. The Morgan fingerprint density at radius 2 is 1.92 bits per heavy atom. The third kappa shape index (κ3) is 5.62. The minimum atomic E-state index is -0.623. The molecular weight excluding hydrogens is 323 g/mol. The first-order valence-corrected chi connectivity index (χ1v) is 7.56. The van der Waals surface area contributed by atoms with Crippen molar-refractivity contribution in [1.82, 2.24) is 5.32 Å². The maximum Gasteiger partial charge on any atom is 0.319 e. The minimum Gasteiger partial charge on any atom is -0.369 e. The Morgan fingerprint density at radius 3 is 2.56 bits per heavy atom. The number of carbonyl (C=O) groups excluding carboxylic acids is 2. The fourth-order valence-electron chi connectivity index (χ4n) is 2.24. The van der Waals surface area contributed by atoms with Gasteiger partial charge in [-0.3, -0.25) is 4.79 Å². The summed E-state index contributed by atoms with van der Waals surface area (Å²) >= 11 is 0. The molecule has 0 aliphatic rings. The van der Waals surface area contributed by atoms with Gasteiger partial charge in [-0.25, -0.2) is 9.18 Å². The second-order valence-electron chi connectivity index (χ2n) is 5.46. The third-order valence-corrected chi connectivity index (χ3v) is 3.56. The first kappa shape index (κ1) is 17.9. The van der Waals surface area contributed by atoms with Gasteiger partial charge in [-0.2, -0.15) is 5.26 Å². The molecule has 3 amide bonds. The molecule has 0 aromatic heterocycles. The molecule has 1 atom stereocenters. The zero-order valence-electron chi connectivity index (χ0n) is 13.3. The van der Waals surface area contributed by atoms with Crippen molar-refractivity contribution in [1.29, 1.82) is 5.26 Å². The van der Waals surface area contributed by atoms with Crippen LogP contribution < -0.4 is 16.4 Å². The SMILES string of the molecule is N#Cc1cccc(NC(=O)NC[C@H](Cc2ccc(F)cc2)C(N)=O)c1. The molecule has 2 aromatic rings. The highest BCUT2D eigenvalue weighted by atomic mass is 19.1. The molecule has 0 spiro atoms. The smallest absolute Gasteiger partial charge is 0.319 e. The van der Waals surface area contributed by atoms with Crippen LogP contribution in [-0.4, -0.2) is 18.5 Å². The Morgan fingerprint density at radius 1 is 1.20 bits per heavy atom. The molecule has 0 bridgehead atoms. The number of primary amides is 1. The van der Waals surface area contributed by atoms with E-state index >= 15 is 0 Å². The Kier molecular flexibility index (Phi) is 6.07. The zero-order valence-corrected chi connectivity index (χ0v) is 13.3. The van der Waals surface area contributed by atoms with Gasteiger partial charge in [0.15, 0.2) is 0 Å². The van der Waals surface area contributed by atoms with Crippen molar-refractivity contribution in [2.24, 2.45) is 11.7 Å². The van der Waals surface area contributed by atoms with Gasteiger partial charge in [0, 0.05) is 12.2 Å². The van der Waals surface area contributed by atoms with Crippen LogP contribution in [0.5, 0.6) is 0 Å². The number of hydrogen-bond donors (Lipinski definition) is 3. The van der Waals surface area contributed by atoms with Gasteiger partial charge in [0.1, 0.15) is 5.82 Å². The van der Waals surface area contributed by atoms with Crippen LogP contribution in [0.2, 0.25) is 0 Å². The van der Waals surface area contributed by atoms with E-state index in [0.717, 1.165) is 5.56 Å². The molecular formula is C18H17FN4O2. The van der Waals surface area contributed by atoms with Crippen LogP contribution in [0.15, 0.2) is 48.5 Å². The van der Waals surface area contributed by atoms with Crippen molar-refractivity contribution in [2.75, 3.05) is 11.9 Å². The molecule has 2 aromatic carbocycles. The minimum absolute atomic E-state index is 0.0382. The summed E-state index contributed by atoms with van der Waals surface area (Å²) < 4.78 is 12.9. The van der Waals surface area contributed by atoms with Gasteiger partial charge in [-0.15, -0.1) is 0 Å². The topological polar surface area (TPSA) is 108 Å². The Balaban J connectivity index is 1.91. The van der Waals surface area contributed by atoms with Gasteiger partial charge in [-0.05, 0) is 42.3 Å². The van der Waals surface area contributed by atoms with Crippen LogP contribution in [0.1, 0.15) is 11.1 Å². The molecule has 0 heterocycles. The lowest BCUT2D eigenvalue weighted by molar-refractivity contribution is -0.121. The molecule has 7 heteroatoms. The van der Waals surface area contributed by atoms with Crippen molar-refractivity contribution in [3.8, 4) is 6.07 Å². The highest BCUT2D eigenvalue weighted by Gasteiger charge is 2.17. The molecule has 2 rings (SSSR count). The number of nitriles is 1. The number of hydrogen-bond acceptors (Lipinski definition) is 3. The van der Waals surface area contributed by atoms with E-state index in [2.05, 4.69) is 10.6 Å². The number of rotatable bonds is 6. The molecule has 0 unspecified atom stereocenters. The summed E-state index contributed by atoms with van der Waals surface area (Å²) in [7, 11) is 0.